The van der Waals surface area contributed by atoms with Crippen molar-refractivity contribution in [2.24, 2.45) is 0 Å². The lowest BCUT2D eigenvalue weighted by Crippen LogP contribution is -2.42. The van der Waals surface area contributed by atoms with E-state index >= 15 is 0 Å². The molecule has 0 radical (unpaired) electrons. The van der Waals surface area contributed by atoms with E-state index in [0.29, 0.717) is 22.0 Å². The summed E-state index contributed by atoms with van der Waals surface area (Å²) < 4.78 is 0. The minimum atomic E-state index is -1.36. The monoisotopic (exact) mass is 414 g/mol. The maximum Gasteiger partial charge on any atom is 0.325 e. The van der Waals surface area contributed by atoms with E-state index in [9.17, 15) is 19.2 Å². The van der Waals surface area contributed by atoms with Gasteiger partial charge in [0, 0.05) is 28.9 Å². The summed E-state index contributed by atoms with van der Waals surface area (Å²) in [6, 6.07) is 12.5. The summed E-state index contributed by atoms with van der Waals surface area (Å²) in [5.41, 5.74) is 0.0193. The highest BCUT2D eigenvalue weighted by atomic mass is 35.5. The van der Waals surface area contributed by atoms with Crippen molar-refractivity contribution in [1.29, 1.82) is 0 Å². The fourth-order valence-corrected chi connectivity index (χ4v) is 3.44. The topological polar surface area (TPSA) is 108 Å². The standard InChI is InChI=1S/C20H19ClN4O4/c1-12(26)22-13-6-5-7-14(10-13)23-17(27)11-25-18(28)20(2,24-19(25)29)15-8-3-4-9-16(15)21/h3-10H,11H2,1-2H3,(H,22,26)(H,23,27)(H,24,29)/t20-/m0/s1. The van der Waals surface area contributed by atoms with Crippen LogP contribution in [0.1, 0.15) is 19.4 Å². The molecule has 2 aromatic carbocycles. The summed E-state index contributed by atoms with van der Waals surface area (Å²) in [6.07, 6.45) is 0. The zero-order valence-electron chi connectivity index (χ0n) is 15.8. The van der Waals surface area contributed by atoms with Crippen LogP contribution in [0.5, 0.6) is 0 Å². The normalized spacial score (nSPS) is 18.4. The Kier molecular flexibility index (Phi) is 5.56. The van der Waals surface area contributed by atoms with Gasteiger partial charge in [-0.05, 0) is 31.2 Å². The lowest BCUT2D eigenvalue weighted by Gasteiger charge is -2.23. The van der Waals surface area contributed by atoms with Crippen molar-refractivity contribution < 1.29 is 19.2 Å². The van der Waals surface area contributed by atoms with Crippen molar-refractivity contribution in [3.05, 3.63) is 59.1 Å². The summed E-state index contributed by atoms with van der Waals surface area (Å²) >= 11 is 6.19. The minimum absolute atomic E-state index is 0.244. The summed E-state index contributed by atoms with van der Waals surface area (Å²) in [6.45, 7) is 2.46. The molecule has 0 bridgehead atoms. The number of amides is 5. The van der Waals surface area contributed by atoms with Crippen LogP contribution >= 0.6 is 11.6 Å². The van der Waals surface area contributed by atoms with Crippen LogP contribution in [0.4, 0.5) is 16.2 Å². The number of nitrogens with one attached hydrogen (secondary N) is 3. The summed E-state index contributed by atoms with van der Waals surface area (Å²) in [7, 11) is 0. The molecule has 0 aromatic heterocycles. The smallest absolute Gasteiger partial charge is 0.325 e. The van der Waals surface area contributed by atoms with E-state index in [-0.39, 0.29) is 5.91 Å². The highest BCUT2D eigenvalue weighted by Gasteiger charge is 2.50. The molecule has 0 saturated carbocycles. The van der Waals surface area contributed by atoms with Crippen LogP contribution in [0.3, 0.4) is 0 Å². The van der Waals surface area contributed by atoms with Gasteiger partial charge in [-0.2, -0.15) is 0 Å². The van der Waals surface area contributed by atoms with E-state index in [1.165, 1.54) is 6.92 Å². The molecule has 8 nitrogen and oxygen atoms in total. The number of benzene rings is 2. The van der Waals surface area contributed by atoms with Gasteiger partial charge in [-0.3, -0.25) is 19.3 Å². The quantitative estimate of drug-likeness (QED) is 0.653. The van der Waals surface area contributed by atoms with Crippen molar-refractivity contribution in [2.75, 3.05) is 17.2 Å². The average molecular weight is 415 g/mol. The molecule has 2 aromatic rings. The fourth-order valence-electron chi connectivity index (χ4n) is 3.11. The van der Waals surface area contributed by atoms with Crippen LogP contribution in [-0.2, 0) is 19.9 Å². The number of nitrogens with zero attached hydrogens (tertiary/aromatic N) is 1. The van der Waals surface area contributed by atoms with E-state index in [4.69, 9.17) is 11.6 Å². The first-order chi connectivity index (χ1) is 13.7. The average Bonchev–Trinajstić information content (AvgIpc) is 2.85. The van der Waals surface area contributed by atoms with Crippen LogP contribution < -0.4 is 16.0 Å². The third-order valence-electron chi connectivity index (χ3n) is 4.46. The molecule has 1 aliphatic rings. The van der Waals surface area contributed by atoms with Crippen LogP contribution in [0.2, 0.25) is 5.02 Å². The molecule has 0 unspecified atom stereocenters. The molecule has 3 rings (SSSR count). The number of anilines is 2. The van der Waals surface area contributed by atoms with Crippen molar-refractivity contribution in [1.82, 2.24) is 10.2 Å². The number of hydrogen-bond acceptors (Lipinski definition) is 4. The summed E-state index contributed by atoms with van der Waals surface area (Å²) in [5.74, 6) is -1.37. The van der Waals surface area contributed by atoms with Gasteiger partial charge in [-0.1, -0.05) is 35.9 Å². The van der Waals surface area contributed by atoms with Crippen LogP contribution in [0, 0.1) is 0 Å². The Morgan fingerprint density at radius 3 is 2.38 bits per heavy atom. The lowest BCUT2D eigenvalue weighted by atomic mass is 9.92. The molecule has 29 heavy (non-hydrogen) atoms. The molecular weight excluding hydrogens is 396 g/mol. The molecule has 1 heterocycles. The molecule has 5 amide bonds. The predicted octanol–water partition coefficient (Wildman–Crippen LogP) is 2.70. The van der Waals surface area contributed by atoms with E-state index in [2.05, 4.69) is 16.0 Å². The highest BCUT2D eigenvalue weighted by molar-refractivity contribution is 6.32. The Morgan fingerprint density at radius 2 is 1.72 bits per heavy atom. The number of rotatable bonds is 5. The second kappa shape index (κ2) is 7.92. The Bertz CT molecular complexity index is 1010. The maximum absolute atomic E-state index is 12.9. The highest BCUT2D eigenvalue weighted by Crippen LogP contribution is 2.33. The molecule has 1 atom stereocenters. The van der Waals surface area contributed by atoms with Gasteiger partial charge in [0.05, 0.1) is 0 Å². The predicted molar refractivity (Wildman–Crippen MR) is 108 cm³/mol. The van der Waals surface area contributed by atoms with E-state index in [1.54, 1.807) is 55.5 Å². The molecule has 1 aliphatic heterocycles. The third kappa shape index (κ3) is 4.22. The molecule has 0 spiro atoms. The molecule has 150 valence electrons. The molecular formula is C20H19ClN4O4. The molecule has 3 N–H and O–H groups in total. The Morgan fingerprint density at radius 1 is 1.07 bits per heavy atom. The first-order valence-electron chi connectivity index (χ1n) is 8.77. The largest absolute Gasteiger partial charge is 0.326 e. The zero-order chi connectivity index (χ0) is 21.2. The van der Waals surface area contributed by atoms with Gasteiger partial charge in [0.2, 0.25) is 11.8 Å². The van der Waals surface area contributed by atoms with Crippen LogP contribution in [0.15, 0.2) is 48.5 Å². The van der Waals surface area contributed by atoms with Gasteiger partial charge in [0.15, 0.2) is 0 Å². The van der Waals surface area contributed by atoms with Crippen LogP contribution in [0.25, 0.3) is 0 Å². The fraction of sp³-hybridized carbons (Fsp3) is 0.200. The van der Waals surface area contributed by atoms with Crippen molar-refractivity contribution >= 4 is 46.7 Å². The number of carbonyl (C=O) groups excluding carboxylic acids is 4. The first kappa shape index (κ1) is 20.3. The summed E-state index contributed by atoms with van der Waals surface area (Å²) in [5, 5.41) is 8.17. The van der Waals surface area contributed by atoms with Crippen molar-refractivity contribution in [3.63, 3.8) is 0 Å². The van der Waals surface area contributed by atoms with Gasteiger partial charge in [-0.25, -0.2) is 4.79 Å². The van der Waals surface area contributed by atoms with Gasteiger partial charge in [0.1, 0.15) is 12.1 Å². The molecule has 1 fully saturated rings. The molecule has 1 saturated heterocycles. The SMILES string of the molecule is CC(=O)Nc1cccc(NC(=O)CN2C(=O)N[C@@](C)(c3ccccc3Cl)C2=O)c1. The first-order valence-corrected chi connectivity index (χ1v) is 9.15. The van der Waals surface area contributed by atoms with E-state index in [1.807, 2.05) is 0 Å². The number of hydrogen-bond donors (Lipinski definition) is 3. The number of imide groups is 1. The van der Waals surface area contributed by atoms with Gasteiger partial charge >= 0.3 is 6.03 Å². The Labute approximate surface area is 172 Å². The van der Waals surface area contributed by atoms with Crippen LogP contribution in [-0.4, -0.2) is 35.2 Å². The second-order valence-electron chi connectivity index (χ2n) is 6.74. The van der Waals surface area contributed by atoms with E-state index < -0.39 is 29.9 Å². The minimum Gasteiger partial charge on any atom is -0.326 e. The van der Waals surface area contributed by atoms with Gasteiger partial charge < -0.3 is 16.0 Å². The number of halogens is 1. The van der Waals surface area contributed by atoms with Gasteiger partial charge in [-0.15, -0.1) is 0 Å². The second-order valence-corrected chi connectivity index (χ2v) is 7.14. The number of carbonyl (C=O) groups is 4. The lowest BCUT2D eigenvalue weighted by molar-refractivity contribution is -0.133. The molecule has 0 aliphatic carbocycles. The Balaban J connectivity index is 1.73. The number of urea groups is 1. The molecule has 9 heteroatoms. The van der Waals surface area contributed by atoms with Crippen molar-refractivity contribution in [3.8, 4) is 0 Å². The van der Waals surface area contributed by atoms with Gasteiger partial charge in [0.25, 0.3) is 5.91 Å². The van der Waals surface area contributed by atoms with E-state index in [0.717, 1.165) is 4.90 Å². The Hall–Kier alpha value is -3.39. The maximum atomic E-state index is 12.9. The third-order valence-corrected chi connectivity index (χ3v) is 4.79. The summed E-state index contributed by atoms with van der Waals surface area (Å²) in [4.78, 5) is 49.7. The van der Waals surface area contributed by atoms with Crippen molar-refractivity contribution in [2.45, 2.75) is 19.4 Å². The zero-order valence-corrected chi connectivity index (χ0v) is 16.5.